The van der Waals surface area contributed by atoms with Crippen LogP contribution in [0.5, 0.6) is 0 Å². The third-order valence-electron chi connectivity index (χ3n) is 4.54. The lowest BCUT2D eigenvalue weighted by Gasteiger charge is -2.36. The number of piperazine rings is 1. The second-order valence-corrected chi connectivity index (χ2v) is 7.27. The molecule has 1 N–H and O–H groups in total. The van der Waals surface area contributed by atoms with Crippen molar-refractivity contribution in [2.45, 2.75) is 12.7 Å². The fourth-order valence-electron chi connectivity index (χ4n) is 3.03. The molecule has 0 aliphatic carbocycles. The van der Waals surface area contributed by atoms with Gasteiger partial charge in [-0.15, -0.1) is 0 Å². The molecule has 3 nitrogen and oxygen atoms in total. The molecule has 1 saturated heterocycles. The normalized spacial score (nSPS) is 15.5. The summed E-state index contributed by atoms with van der Waals surface area (Å²) in [6, 6.07) is 9.57. The van der Waals surface area contributed by atoms with Crippen molar-refractivity contribution in [1.82, 2.24) is 9.80 Å². The number of hydrogen-bond donors (Lipinski definition) is 1. The first kappa shape index (κ1) is 20.8. The molecule has 0 saturated carbocycles. The van der Waals surface area contributed by atoms with Crippen molar-refractivity contribution >= 4 is 34.6 Å². The Hall–Kier alpha value is -1.90. The van der Waals surface area contributed by atoms with Crippen LogP contribution in [0.4, 0.5) is 23.2 Å². The van der Waals surface area contributed by atoms with Crippen molar-refractivity contribution in [3.63, 3.8) is 0 Å². The van der Waals surface area contributed by atoms with Gasteiger partial charge in [-0.2, -0.15) is 13.2 Å². The van der Waals surface area contributed by atoms with E-state index in [-0.39, 0.29) is 16.6 Å². The van der Waals surface area contributed by atoms with E-state index in [4.69, 9.17) is 23.8 Å². The highest BCUT2D eigenvalue weighted by Crippen LogP contribution is 2.34. The molecule has 0 atom stereocenters. The highest BCUT2D eigenvalue weighted by atomic mass is 35.5. The number of anilines is 1. The zero-order valence-corrected chi connectivity index (χ0v) is 16.3. The minimum Gasteiger partial charge on any atom is -0.346 e. The summed E-state index contributed by atoms with van der Waals surface area (Å²) in [4.78, 5) is 3.98. The standard InChI is InChI=1S/C19H18ClF4N3S/c20-16-11-14(21)6-5-13(16)12-26-7-9-27(10-8-26)18(28)25-17-4-2-1-3-15(17)19(22,23)24/h1-6,11H,7-10,12H2,(H,25,28). The van der Waals surface area contributed by atoms with Crippen LogP contribution < -0.4 is 5.32 Å². The first-order valence-electron chi connectivity index (χ1n) is 8.62. The maximum Gasteiger partial charge on any atom is 0.418 e. The molecule has 1 aliphatic rings. The van der Waals surface area contributed by atoms with Crippen LogP contribution in [0.2, 0.25) is 5.02 Å². The Bertz CT molecular complexity index is 851. The predicted octanol–water partition coefficient (Wildman–Crippen LogP) is 5.01. The molecule has 0 unspecified atom stereocenters. The maximum atomic E-state index is 13.2. The zero-order chi connectivity index (χ0) is 20.3. The molecule has 150 valence electrons. The monoisotopic (exact) mass is 431 g/mol. The quantitative estimate of drug-likeness (QED) is 0.543. The van der Waals surface area contributed by atoms with Gasteiger partial charge < -0.3 is 10.2 Å². The van der Waals surface area contributed by atoms with Crippen LogP contribution in [0.3, 0.4) is 0 Å². The molecule has 9 heteroatoms. The van der Waals surface area contributed by atoms with Crippen molar-refractivity contribution in [3.05, 3.63) is 64.4 Å². The highest BCUT2D eigenvalue weighted by Gasteiger charge is 2.33. The second kappa shape index (κ2) is 8.63. The van der Waals surface area contributed by atoms with Crippen LogP contribution in [0.25, 0.3) is 0 Å². The molecule has 0 bridgehead atoms. The Balaban J connectivity index is 1.57. The van der Waals surface area contributed by atoms with Crippen molar-refractivity contribution in [3.8, 4) is 0 Å². The number of benzene rings is 2. The molecule has 1 heterocycles. The van der Waals surface area contributed by atoms with Crippen LogP contribution in [-0.4, -0.2) is 41.1 Å². The Morgan fingerprint density at radius 1 is 1.07 bits per heavy atom. The summed E-state index contributed by atoms with van der Waals surface area (Å²) < 4.78 is 52.5. The molecule has 1 fully saturated rings. The van der Waals surface area contributed by atoms with Crippen LogP contribution in [0.1, 0.15) is 11.1 Å². The van der Waals surface area contributed by atoms with Crippen LogP contribution in [0, 0.1) is 5.82 Å². The summed E-state index contributed by atoms with van der Waals surface area (Å²) in [6.45, 7) is 3.04. The Kier molecular flexibility index (Phi) is 6.42. The summed E-state index contributed by atoms with van der Waals surface area (Å²) in [7, 11) is 0. The van der Waals surface area contributed by atoms with Crippen molar-refractivity contribution < 1.29 is 17.6 Å². The highest BCUT2D eigenvalue weighted by molar-refractivity contribution is 7.80. The summed E-state index contributed by atoms with van der Waals surface area (Å²) in [5.74, 6) is -0.380. The molecule has 2 aromatic rings. The van der Waals surface area contributed by atoms with Gasteiger partial charge in [0.05, 0.1) is 11.3 Å². The van der Waals surface area contributed by atoms with E-state index in [1.54, 1.807) is 6.07 Å². The largest absolute Gasteiger partial charge is 0.418 e. The molecule has 28 heavy (non-hydrogen) atoms. The van der Waals surface area contributed by atoms with E-state index < -0.39 is 11.7 Å². The van der Waals surface area contributed by atoms with Gasteiger partial charge in [0.25, 0.3) is 0 Å². The lowest BCUT2D eigenvalue weighted by Crippen LogP contribution is -2.49. The van der Waals surface area contributed by atoms with E-state index in [0.717, 1.165) is 11.6 Å². The van der Waals surface area contributed by atoms with Crippen LogP contribution in [-0.2, 0) is 12.7 Å². The number of nitrogens with zero attached hydrogens (tertiary/aromatic N) is 2. The smallest absolute Gasteiger partial charge is 0.346 e. The summed E-state index contributed by atoms with van der Waals surface area (Å²) in [6.07, 6.45) is -4.45. The Labute approximate surface area is 170 Å². The molecule has 2 aromatic carbocycles. The molecule has 0 amide bonds. The lowest BCUT2D eigenvalue weighted by molar-refractivity contribution is -0.136. The number of para-hydroxylation sites is 1. The average molecular weight is 432 g/mol. The molecular formula is C19H18ClF4N3S. The maximum absolute atomic E-state index is 13.2. The SMILES string of the molecule is Fc1ccc(CN2CCN(C(=S)Nc3ccccc3C(F)(F)F)CC2)c(Cl)c1. The molecule has 1 aliphatic heterocycles. The van der Waals surface area contributed by atoms with E-state index in [9.17, 15) is 17.6 Å². The third-order valence-corrected chi connectivity index (χ3v) is 5.25. The van der Waals surface area contributed by atoms with Gasteiger partial charge >= 0.3 is 6.18 Å². The molecule has 0 spiro atoms. The van der Waals surface area contributed by atoms with Gasteiger partial charge in [-0.3, -0.25) is 4.90 Å². The summed E-state index contributed by atoms with van der Waals surface area (Å²) in [5, 5.41) is 3.36. The van der Waals surface area contributed by atoms with Crippen LogP contribution >= 0.6 is 23.8 Å². The van der Waals surface area contributed by atoms with Gasteiger partial charge in [0, 0.05) is 37.7 Å². The van der Waals surface area contributed by atoms with Gasteiger partial charge in [-0.05, 0) is 42.0 Å². The Morgan fingerprint density at radius 2 is 1.75 bits per heavy atom. The lowest BCUT2D eigenvalue weighted by atomic mass is 10.1. The number of thiocarbonyl (C=S) groups is 1. The van der Waals surface area contributed by atoms with Gasteiger partial charge in [0.15, 0.2) is 5.11 Å². The van der Waals surface area contributed by atoms with Gasteiger partial charge in [-0.25, -0.2) is 4.39 Å². The van der Waals surface area contributed by atoms with E-state index in [0.29, 0.717) is 37.7 Å². The Morgan fingerprint density at radius 3 is 2.39 bits per heavy atom. The molecule has 0 aromatic heterocycles. The first-order valence-corrected chi connectivity index (χ1v) is 9.41. The summed E-state index contributed by atoms with van der Waals surface area (Å²) >= 11 is 11.4. The first-order chi connectivity index (χ1) is 13.2. The number of hydrogen-bond acceptors (Lipinski definition) is 2. The topological polar surface area (TPSA) is 18.5 Å². The van der Waals surface area contributed by atoms with E-state index >= 15 is 0 Å². The summed E-state index contributed by atoms with van der Waals surface area (Å²) in [5.41, 5.74) is 0.0267. The zero-order valence-electron chi connectivity index (χ0n) is 14.8. The number of halogens is 5. The van der Waals surface area contributed by atoms with E-state index in [2.05, 4.69) is 10.2 Å². The molecule has 0 radical (unpaired) electrons. The number of alkyl halides is 3. The fraction of sp³-hybridized carbons (Fsp3) is 0.316. The van der Waals surface area contributed by atoms with Gasteiger partial charge in [0.2, 0.25) is 0 Å². The van der Waals surface area contributed by atoms with Crippen LogP contribution in [0.15, 0.2) is 42.5 Å². The van der Waals surface area contributed by atoms with E-state index in [1.165, 1.54) is 30.3 Å². The van der Waals surface area contributed by atoms with E-state index in [1.807, 2.05) is 4.90 Å². The van der Waals surface area contributed by atoms with Gasteiger partial charge in [0.1, 0.15) is 5.82 Å². The predicted molar refractivity (Wildman–Crippen MR) is 106 cm³/mol. The molecule has 3 rings (SSSR count). The molecular weight excluding hydrogens is 414 g/mol. The minimum atomic E-state index is -4.45. The van der Waals surface area contributed by atoms with Crippen molar-refractivity contribution in [1.29, 1.82) is 0 Å². The van der Waals surface area contributed by atoms with Gasteiger partial charge in [-0.1, -0.05) is 29.8 Å². The minimum absolute atomic E-state index is 0.0551. The second-order valence-electron chi connectivity index (χ2n) is 6.47. The van der Waals surface area contributed by atoms with Crippen molar-refractivity contribution in [2.24, 2.45) is 0 Å². The number of rotatable bonds is 3. The third kappa shape index (κ3) is 5.12. The fourth-order valence-corrected chi connectivity index (χ4v) is 3.55. The van der Waals surface area contributed by atoms with Crippen molar-refractivity contribution in [2.75, 3.05) is 31.5 Å². The number of nitrogens with one attached hydrogen (secondary N) is 1. The average Bonchev–Trinajstić information content (AvgIpc) is 2.64.